The Hall–Kier alpha value is -1.96. The van der Waals surface area contributed by atoms with Gasteiger partial charge in [0.25, 0.3) is 11.5 Å². The first-order chi connectivity index (χ1) is 11.4. The molecule has 0 unspecified atom stereocenters. The molecule has 0 radical (unpaired) electrons. The summed E-state index contributed by atoms with van der Waals surface area (Å²) in [6, 6.07) is 9.66. The molecule has 0 fully saturated rings. The summed E-state index contributed by atoms with van der Waals surface area (Å²) in [5.41, 5.74) is 0.300. The molecular weight excluding hydrogens is 416 g/mol. The van der Waals surface area contributed by atoms with Crippen molar-refractivity contribution in [3.05, 3.63) is 66.6 Å². The van der Waals surface area contributed by atoms with Gasteiger partial charge < -0.3 is 9.72 Å². The third kappa shape index (κ3) is 2.90. The highest BCUT2D eigenvalue weighted by molar-refractivity contribution is 9.10. The number of fused-ring (bicyclic) bond motifs is 1. The lowest BCUT2D eigenvalue weighted by molar-refractivity contribution is 0.0953. The van der Waals surface area contributed by atoms with E-state index < -0.39 is 11.5 Å². The molecule has 3 rings (SSSR count). The van der Waals surface area contributed by atoms with Crippen molar-refractivity contribution in [2.45, 2.75) is 0 Å². The summed E-state index contributed by atoms with van der Waals surface area (Å²) in [4.78, 5) is 28.3. The van der Waals surface area contributed by atoms with Crippen molar-refractivity contribution in [1.82, 2.24) is 9.55 Å². The van der Waals surface area contributed by atoms with E-state index in [9.17, 15) is 9.59 Å². The van der Waals surface area contributed by atoms with E-state index in [0.717, 1.165) is 9.04 Å². The van der Waals surface area contributed by atoms with E-state index in [4.69, 9.17) is 28.6 Å². The summed E-state index contributed by atoms with van der Waals surface area (Å²) in [6.07, 6.45) is 0. The molecule has 0 amide bonds. The zero-order chi connectivity index (χ0) is 17.4. The number of aromatic nitrogens is 2. The molecule has 5 nitrogen and oxygen atoms in total. The third-order valence-electron chi connectivity index (χ3n) is 3.46. The van der Waals surface area contributed by atoms with E-state index in [-0.39, 0.29) is 15.4 Å². The second-order valence-corrected chi connectivity index (χ2v) is 6.62. The summed E-state index contributed by atoms with van der Waals surface area (Å²) >= 11 is 14.5. The van der Waals surface area contributed by atoms with Crippen LogP contribution in [0.25, 0.3) is 10.9 Å². The molecule has 1 N–H and O–H groups in total. The summed E-state index contributed by atoms with van der Waals surface area (Å²) in [5.74, 6) is -0.124. The smallest absolute Gasteiger partial charge is 0.269 e. The molecule has 122 valence electrons. The summed E-state index contributed by atoms with van der Waals surface area (Å²) in [6.45, 7) is 0. The van der Waals surface area contributed by atoms with Gasteiger partial charge in [0.2, 0.25) is 0 Å². The molecule has 0 aliphatic carbocycles. The Morgan fingerprint density at radius 1 is 1.29 bits per heavy atom. The molecule has 24 heavy (non-hydrogen) atoms. The van der Waals surface area contributed by atoms with Crippen molar-refractivity contribution in [3.8, 4) is 5.75 Å². The fourth-order valence-corrected chi connectivity index (χ4v) is 3.19. The molecule has 0 aliphatic heterocycles. The molecular formula is C16H10BrClN2O3S. The van der Waals surface area contributed by atoms with E-state index in [1.807, 2.05) is 0 Å². The number of hydrogen-bond acceptors (Lipinski definition) is 4. The van der Waals surface area contributed by atoms with E-state index in [2.05, 4.69) is 20.9 Å². The normalized spacial score (nSPS) is 10.8. The minimum atomic E-state index is -0.562. The monoisotopic (exact) mass is 424 g/mol. The average molecular weight is 426 g/mol. The Morgan fingerprint density at radius 2 is 2.04 bits per heavy atom. The number of carbonyl (C=O) groups is 1. The molecule has 0 bridgehead atoms. The van der Waals surface area contributed by atoms with Gasteiger partial charge in [0.1, 0.15) is 5.75 Å². The second kappa shape index (κ2) is 6.51. The molecule has 0 spiro atoms. The number of benzene rings is 2. The zero-order valence-electron chi connectivity index (χ0n) is 12.3. The predicted molar refractivity (Wildman–Crippen MR) is 98.8 cm³/mol. The lowest BCUT2D eigenvalue weighted by atomic mass is 10.2. The highest BCUT2D eigenvalue weighted by Crippen LogP contribution is 2.25. The number of rotatable bonds is 2. The Bertz CT molecular complexity index is 1090. The van der Waals surface area contributed by atoms with Crippen LogP contribution in [0.3, 0.4) is 0 Å². The van der Waals surface area contributed by atoms with Crippen molar-refractivity contribution in [2.24, 2.45) is 0 Å². The van der Waals surface area contributed by atoms with Crippen LogP contribution in [0.15, 0.2) is 45.7 Å². The maximum atomic E-state index is 12.7. The van der Waals surface area contributed by atoms with Gasteiger partial charge in [-0.3, -0.25) is 9.59 Å². The van der Waals surface area contributed by atoms with E-state index in [0.29, 0.717) is 16.7 Å². The van der Waals surface area contributed by atoms with Gasteiger partial charge >= 0.3 is 0 Å². The molecule has 0 atom stereocenters. The first-order valence-electron chi connectivity index (χ1n) is 6.75. The predicted octanol–water partition coefficient (Wildman–Crippen LogP) is 4.17. The molecule has 8 heteroatoms. The van der Waals surface area contributed by atoms with Gasteiger partial charge in [-0.25, -0.2) is 4.57 Å². The van der Waals surface area contributed by atoms with Gasteiger partial charge in [-0.05, 0) is 48.6 Å². The van der Waals surface area contributed by atoms with Crippen LogP contribution in [0.1, 0.15) is 10.4 Å². The molecule has 1 aromatic heterocycles. The minimum Gasteiger partial charge on any atom is -0.495 e. The SMILES string of the molecule is COc1ccc(C(=O)n2c(=S)[nH]c3ccc(Br)cc3c2=O)cc1Cl. The molecule has 0 aliphatic rings. The standard InChI is InChI=1S/C16H10BrClN2O3S/c1-23-13-5-2-8(6-11(13)18)14(21)20-15(22)10-7-9(17)3-4-12(10)19-16(20)24/h2-7H,1H3,(H,19,24). The number of methoxy groups -OCH3 is 1. The summed E-state index contributed by atoms with van der Waals surface area (Å²) in [5, 5.41) is 0.626. The molecule has 2 aromatic carbocycles. The first-order valence-corrected chi connectivity index (χ1v) is 8.33. The van der Waals surface area contributed by atoms with Crippen LogP contribution in [0.5, 0.6) is 5.75 Å². The number of nitrogens with zero attached hydrogens (tertiary/aromatic N) is 1. The largest absolute Gasteiger partial charge is 0.495 e. The zero-order valence-corrected chi connectivity index (χ0v) is 15.5. The van der Waals surface area contributed by atoms with Crippen LogP contribution in [0.4, 0.5) is 0 Å². The number of halogens is 2. The minimum absolute atomic E-state index is 0.0202. The van der Waals surface area contributed by atoms with E-state index in [1.54, 1.807) is 24.3 Å². The highest BCUT2D eigenvalue weighted by Gasteiger charge is 2.16. The van der Waals surface area contributed by atoms with Crippen LogP contribution in [-0.2, 0) is 0 Å². The van der Waals surface area contributed by atoms with E-state index >= 15 is 0 Å². The fourth-order valence-electron chi connectivity index (χ4n) is 2.30. The molecule has 0 saturated heterocycles. The number of ether oxygens (including phenoxy) is 1. The number of nitrogens with one attached hydrogen (secondary N) is 1. The van der Waals surface area contributed by atoms with Gasteiger partial charge in [0.05, 0.1) is 23.0 Å². The van der Waals surface area contributed by atoms with Crippen molar-refractivity contribution < 1.29 is 9.53 Å². The van der Waals surface area contributed by atoms with Crippen molar-refractivity contribution >= 4 is 56.6 Å². The Kier molecular flexibility index (Phi) is 4.58. The van der Waals surface area contributed by atoms with Crippen molar-refractivity contribution in [2.75, 3.05) is 7.11 Å². The van der Waals surface area contributed by atoms with E-state index in [1.165, 1.54) is 19.2 Å². The van der Waals surface area contributed by atoms with Gasteiger partial charge in [-0.15, -0.1) is 0 Å². The summed E-state index contributed by atoms with van der Waals surface area (Å²) in [7, 11) is 1.48. The van der Waals surface area contributed by atoms with Crippen LogP contribution < -0.4 is 10.3 Å². The van der Waals surface area contributed by atoms with Crippen LogP contribution >= 0.6 is 39.7 Å². The number of carbonyl (C=O) groups excluding carboxylic acids is 1. The third-order valence-corrected chi connectivity index (χ3v) is 4.53. The van der Waals surface area contributed by atoms with Crippen LogP contribution in [0.2, 0.25) is 5.02 Å². The van der Waals surface area contributed by atoms with Crippen LogP contribution in [-0.4, -0.2) is 22.6 Å². The Morgan fingerprint density at radius 3 is 2.71 bits per heavy atom. The van der Waals surface area contributed by atoms with Gasteiger partial charge in [-0.1, -0.05) is 27.5 Å². The van der Waals surface area contributed by atoms with Gasteiger partial charge in [-0.2, -0.15) is 0 Å². The highest BCUT2D eigenvalue weighted by atomic mass is 79.9. The van der Waals surface area contributed by atoms with Gasteiger partial charge in [0.15, 0.2) is 4.77 Å². The maximum Gasteiger partial charge on any atom is 0.269 e. The average Bonchev–Trinajstić information content (AvgIpc) is 2.55. The van der Waals surface area contributed by atoms with Crippen molar-refractivity contribution in [1.29, 1.82) is 0 Å². The van der Waals surface area contributed by atoms with Crippen LogP contribution in [0, 0.1) is 4.77 Å². The lowest BCUT2D eigenvalue weighted by Crippen LogP contribution is -2.29. The molecule has 3 aromatic rings. The quantitative estimate of drug-likeness (QED) is 0.626. The second-order valence-electron chi connectivity index (χ2n) is 4.92. The molecule has 0 saturated carbocycles. The Balaban J connectivity index is 2.22. The molecule has 1 heterocycles. The van der Waals surface area contributed by atoms with Gasteiger partial charge in [0, 0.05) is 10.0 Å². The lowest BCUT2D eigenvalue weighted by Gasteiger charge is -2.09. The maximum absolute atomic E-state index is 12.7. The number of H-pyrrole nitrogens is 1. The van der Waals surface area contributed by atoms with Crippen molar-refractivity contribution in [3.63, 3.8) is 0 Å². The number of aromatic amines is 1. The number of hydrogen-bond donors (Lipinski definition) is 1. The Labute approximate surface area is 155 Å². The fraction of sp³-hybridized carbons (Fsp3) is 0.0625. The first kappa shape index (κ1) is 16.9. The summed E-state index contributed by atoms with van der Waals surface area (Å²) < 4.78 is 6.73. The topological polar surface area (TPSA) is 64.1 Å².